The summed E-state index contributed by atoms with van der Waals surface area (Å²) in [6.45, 7) is 0. The molecule has 0 aliphatic heterocycles. The molecule has 0 bridgehead atoms. The Labute approximate surface area is 91.4 Å². The molecule has 1 aromatic heterocycles. The van der Waals surface area contributed by atoms with E-state index in [0.29, 0.717) is 0 Å². The average molecular weight is 234 g/mol. The first-order valence-corrected chi connectivity index (χ1v) is 4.54. The summed E-state index contributed by atoms with van der Waals surface area (Å²) >= 11 is 0. The second kappa shape index (κ2) is 4.56. The summed E-state index contributed by atoms with van der Waals surface area (Å²) < 4.78 is 37.6. The third-order valence-corrected chi connectivity index (χ3v) is 1.75. The third-order valence-electron chi connectivity index (χ3n) is 1.75. The Bertz CT molecular complexity index is 362. The van der Waals surface area contributed by atoms with Crippen LogP contribution in [0, 0.1) is 0 Å². The summed E-state index contributed by atoms with van der Waals surface area (Å²) in [6.07, 6.45) is -4.38. The molecule has 90 valence electrons. The molecule has 0 amide bonds. The Balaban J connectivity index is 3.11. The molecule has 1 rings (SSSR count). The van der Waals surface area contributed by atoms with Crippen LogP contribution in [0.15, 0.2) is 12.1 Å². The van der Waals surface area contributed by atoms with Gasteiger partial charge in [0.2, 0.25) is 0 Å². The molecule has 0 unspecified atom stereocenters. The lowest BCUT2D eigenvalue weighted by atomic mass is 10.2. The van der Waals surface area contributed by atoms with Gasteiger partial charge < -0.3 is 10.7 Å². The number of nitrogens with zero attached hydrogens (tertiary/aromatic N) is 2. The van der Waals surface area contributed by atoms with Gasteiger partial charge in [-0.15, -0.1) is 0 Å². The molecule has 1 heterocycles. The Hall–Kier alpha value is -1.50. The maximum Gasteiger partial charge on any atom is 0.416 e. The van der Waals surface area contributed by atoms with Crippen LogP contribution in [0.3, 0.4) is 0 Å². The fourth-order valence-electron chi connectivity index (χ4n) is 1.11. The highest BCUT2D eigenvalue weighted by molar-refractivity contribution is 5.49. The molecule has 0 fully saturated rings. The zero-order valence-corrected chi connectivity index (χ0v) is 9.18. The summed E-state index contributed by atoms with van der Waals surface area (Å²) in [7, 11) is 4.85. The van der Waals surface area contributed by atoms with Crippen molar-refractivity contribution in [3.8, 4) is 0 Å². The number of nitrogens with one attached hydrogen (secondary N) is 2. The number of pyridine rings is 1. The molecule has 0 radical (unpaired) electrons. The Kier molecular flexibility index (Phi) is 3.58. The van der Waals surface area contributed by atoms with Gasteiger partial charge in [0.15, 0.2) is 0 Å². The molecular weight excluding hydrogens is 221 g/mol. The predicted molar refractivity (Wildman–Crippen MR) is 56.1 cm³/mol. The second-order valence-corrected chi connectivity index (χ2v) is 3.38. The van der Waals surface area contributed by atoms with Crippen molar-refractivity contribution in [1.82, 2.24) is 9.99 Å². The van der Waals surface area contributed by atoms with Crippen LogP contribution in [0.1, 0.15) is 5.56 Å². The van der Waals surface area contributed by atoms with Gasteiger partial charge in [-0.05, 0) is 12.1 Å². The van der Waals surface area contributed by atoms with E-state index in [9.17, 15) is 13.2 Å². The fourth-order valence-corrected chi connectivity index (χ4v) is 1.11. The van der Waals surface area contributed by atoms with Gasteiger partial charge in [-0.3, -0.25) is 0 Å². The maximum absolute atomic E-state index is 12.5. The first-order chi connectivity index (χ1) is 7.32. The SMILES string of the molecule is CNc1cc(C(F)(F)F)cc(NN(C)C)n1. The van der Waals surface area contributed by atoms with Gasteiger partial charge in [0.25, 0.3) is 0 Å². The van der Waals surface area contributed by atoms with Crippen molar-refractivity contribution in [2.75, 3.05) is 31.9 Å². The van der Waals surface area contributed by atoms with Gasteiger partial charge in [-0.2, -0.15) is 13.2 Å². The minimum atomic E-state index is -4.38. The summed E-state index contributed by atoms with van der Waals surface area (Å²) in [5.74, 6) is 0.309. The number of anilines is 2. The first kappa shape index (κ1) is 12.6. The summed E-state index contributed by atoms with van der Waals surface area (Å²) in [5, 5.41) is 4.10. The van der Waals surface area contributed by atoms with E-state index in [1.165, 1.54) is 12.1 Å². The van der Waals surface area contributed by atoms with Gasteiger partial charge in [0.1, 0.15) is 11.6 Å². The zero-order chi connectivity index (χ0) is 12.3. The van der Waals surface area contributed by atoms with Crippen molar-refractivity contribution in [2.45, 2.75) is 6.18 Å². The van der Waals surface area contributed by atoms with E-state index in [1.807, 2.05) is 0 Å². The minimum absolute atomic E-state index is 0.143. The van der Waals surface area contributed by atoms with Crippen LogP contribution >= 0.6 is 0 Å². The third kappa shape index (κ3) is 3.27. The molecule has 16 heavy (non-hydrogen) atoms. The van der Waals surface area contributed by atoms with Crippen LogP contribution < -0.4 is 10.7 Å². The number of aromatic nitrogens is 1. The standard InChI is InChI=1S/C9H13F3N4/c1-13-7-4-6(9(10,11)12)5-8(14-7)15-16(2)3/h4-5H,1-3H3,(H2,13,14,15). The number of halogens is 3. The number of hydrogen-bond acceptors (Lipinski definition) is 4. The smallest absolute Gasteiger partial charge is 0.373 e. The highest BCUT2D eigenvalue weighted by Gasteiger charge is 2.31. The maximum atomic E-state index is 12.5. The lowest BCUT2D eigenvalue weighted by Crippen LogP contribution is -2.21. The molecular formula is C9H13F3N4. The summed E-state index contributed by atoms with van der Waals surface area (Å²) in [5.41, 5.74) is 1.93. The Morgan fingerprint density at radius 3 is 2.19 bits per heavy atom. The van der Waals surface area contributed by atoms with E-state index < -0.39 is 11.7 Å². The van der Waals surface area contributed by atoms with E-state index in [2.05, 4.69) is 15.7 Å². The van der Waals surface area contributed by atoms with Gasteiger partial charge in [0, 0.05) is 21.1 Å². The van der Waals surface area contributed by atoms with E-state index >= 15 is 0 Å². The molecule has 0 spiro atoms. The zero-order valence-electron chi connectivity index (χ0n) is 9.18. The van der Waals surface area contributed by atoms with Crippen LogP contribution in [0.5, 0.6) is 0 Å². The van der Waals surface area contributed by atoms with Crippen molar-refractivity contribution in [2.24, 2.45) is 0 Å². The van der Waals surface area contributed by atoms with Gasteiger partial charge >= 0.3 is 6.18 Å². The van der Waals surface area contributed by atoms with E-state index in [0.717, 1.165) is 12.1 Å². The van der Waals surface area contributed by atoms with Gasteiger partial charge in [-0.1, -0.05) is 0 Å². The lowest BCUT2D eigenvalue weighted by molar-refractivity contribution is -0.137. The van der Waals surface area contributed by atoms with Crippen LogP contribution in [-0.2, 0) is 6.18 Å². The van der Waals surface area contributed by atoms with Crippen LogP contribution in [-0.4, -0.2) is 31.1 Å². The Morgan fingerprint density at radius 1 is 1.19 bits per heavy atom. The lowest BCUT2D eigenvalue weighted by Gasteiger charge is -2.15. The number of hydrazine groups is 1. The predicted octanol–water partition coefficient (Wildman–Crippen LogP) is 2.03. The van der Waals surface area contributed by atoms with Crippen molar-refractivity contribution in [1.29, 1.82) is 0 Å². The Morgan fingerprint density at radius 2 is 1.75 bits per heavy atom. The first-order valence-electron chi connectivity index (χ1n) is 4.54. The fraction of sp³-hybridized carbons (Fsp3) is 0.444. The van der Waals surface area contributed by atoms with E-state index in [4.69, 9.17) is 0 Å². The molecule has 0 saturated heterocycles. The quantitative estimate of drug-likeness (QED) is 0.785. The molecule has 0 aromatic carbocycles. The van der Waals surface area contributed by atoms with E-state index in [-0.39, 0.29) is 11.6 Å². The molecule has 1 aromatic rings. The minimum Gasteiger partial charge on any atom is -0.373 e. The van der Waals surface area contributed by atoms with Gasteiger partial charge in [0.05, 0.1) is 5.56 Å². The van der Waals surface area contributed by atoms with E-state index in [1.54, 1.807) is 14.1 Å². The topological polar surface area (TPSA) is 40.2 Å². The van der Waals surface area contributed by atoms with Crippen LogP contribution in [0.25, 0.3) is 0 Å². The van der Waals surface area contributed by atoms with Crippen LogP contribution in [0.2, 0.25) is 0 Å². The molecule has 0 atom stereocenters. The normalized spacial score (nSPS) is 11.7. The number of rotatable bonds is 3. The highest BCUT2D eigenvalue weighted by atomic mass is 19.4. The summed E-state index contributed by atoms with van der Waals surface area (Å²) in [6, 6.07) is 1.92. The monoisotopic (exact) mass is 234 g/mol. The molecule has 2 N–H and O–H groups in total. The molecule has 0 aliphatic rings. The van der Waals surface area contributed by atoms with Crippen molar-refractivity contribution in [3.63, 3.8) is 0 Å². The van der Waals surface area contributed by atoms with Crippen LogP contribution in [0.4, 0.5) is 24.8 Å². The molecule has 7 heteroatoms. The molecule has 0 aliphatic carbocycles. The second-order valence-electron chi connectivity index (χ2n) is 3.38. The average Bonchev–Trinajstić information content (AvgIpc) is 2.14. The van der Waals surface area contributed by atoms with Gasteiger partial charge in [-0.25, -0.2) is 9.99 Å². The van der Waals surface area contributed by atoms with Crippen molar-refractivity contribution < 1.29 is 13.2 Å². The number of hydrogen-bond donors (Lipinski definition) is 2. The number of alkyl halides is 3. The largest absolute Gasteiger partial charge is 0.416 e. The van der Waals surface area contributed by atoms with Crippen molar-refractivity contribution >= 4 is 11.6 Å². The van der Waals surface area contributed by atoms with Crippen molar-refractivity contribution in [3.05, 3.63) is 17.7 Å². The molecule has 4 nitrogen and oxygen atoms in total. The molecule has 0 saturated carbocycles. The highest BCUT2D eigenvalue weighted by Crippen LogP contribution is 2.31. The summed E-state index contributed by atoms with van der Waals surface area (Å²) in [4.78, 5) is 3.94.